The van der Waals surface area contributed by atoms with E-state index in [2.05, 4.69) is 6.58 Å². The summed E-state index contributed by atoms with van der Waals surface area (Å²) in [5, 5.41) is 10.1. The lowest BCUT2D eigenvalue weighted by Crippen LogP contribution is -2.28. The van der Waals surface area contributed by atoms with Crippen LogP contribution in [0.4, 0.5) is 0 Å². The molecule has 21 heavy (non-hydrogen) atoms. The maximum Gasteiger partial charge on any atom is 0.118 e. The topological polar surface area (TPSA) is 47.9 Å². The fourth-order valence-corrected chi connectivity index (χ4v) is 1.95. The number of hydrogen-bond acceptors (Lipinski definition) is 4. The Labute approximate surface area is 127 Å². The van der Waals surface area contributed by atoms with Gasteiger partial charge in [-0.2, -0.15) is 0 Å². The first-order valence-electron chi connectivity index (χ1n) is 7.14. The summed E-state index contributed by atoms with van der Waals surface area (Å²) in [5.41, 5.74) is 1.06. The lowest BCUT2D eigenvalue weighted by molar-refractivity contribution is -0.0415. The predicted octanol–water partition coefficient (Wildman–Crippen LogP) is 2.80. The minimum absolute atomic E-state index is 0.0361. The van der Waals surface area contributed by atoms with Crippen molar-refractivity contribution in [3.8, 4) is 5.75 Å². The Balaban J connectivity index is 2.51. The van der Waals surface area contributed by atoms with Crippen LogP contribution < -0.4 is 4.74 Å². The molecule has 0 spiro atoms. The molecule has 0 heterocycles. The second kappa shape index (κ2) is 9.55. The fraction of sp³-hybridized carbons (Fsp3) is 0.529. The Bertz CT molecular complexity index is 402. The van der Waals surface area contributed by atoms with Gasteiger partial charge in [0.05, 0.1) is 32.5 Å². The Hall–Kier alpha value is -1.36. The molecule has 0 amide bonds. The van der Waals surface area contributed by atoms with Crippen LogP contribution >= 0.6 is 0 Å². The highest BCUT2D eigenvalue weighted by Gasteiger charge is 2.18. The Morgan fingerprint density at radius 2 is 1.90 bits per heavy atom. The maximum absolute atomic E-state index is 10.1. The third-order valence-electron chi connectivity index (χ3n) is 3.48. The maximum atomic E-state index is 10.1. The number of hydrogen-bond donors (Lipinski definition) is 1. The summed E-state index contributed by atoms with van der Waals surface area (Å²) in [4.78, 5) is 0. The van der Waals surface area contributed by atoms with E-state index >= 15 is 0 Å². The molecule has 118 valence electrons. The van der Waals surface area contributed by atoms with Gasteiger partial charge in [-0.05, 0) is 23.6 Å². The Kier molecular flexibility index (Phi) is 8.05. The third-order valence-corrected chi connectivity index (χ3v) is 3.48. The second-order valence-electron chi connectivity index (χ2n) is 5.13. The van der Waals surface area contributed by atoms with Gasteiger partial charge in [0.1, 0.15) is 5.75 Å². The summed E-state index contributed by atoms with van der Waals surface area (Å²) in [6.07, 6.45) is 1.66. The summed E-state index contributed by atoms with van der Waals surface area (Å²) in [6.45, 7) is 6.57. The van der Waals surface area contributed by atoms with Crippen molar-refractivity contribution in [2.45, 2.75) is 32.2 Å². The van der Waals surface area contributed by atoms with E-state index in [1.165, 1.54) is 0 Å². The molecule has 0 saturated heterocycles. The van der Waals surface area contributed by atoms with Crippen molar-refractivity contribution in [3.63, 3.8) is 0 Å². The molecule has 0 unspecified atom stereocenters. The number of aliphatic hydroxyl groups is 1. The fourth-order valence-electron chi connectivity index (χ4n) is 1.95. The van der Waals surface area contributed by atoms with Gasteiger partial charge < -0.3 is 19.3 Å². The third kappa shape index (κ3) is 6.29. The monoisotopic (exact) mass is 294 g/mol. The van der Waals surface area contributed by atoms with Gasteiger partial charge in [0.25, 0.3) is 0 Å². The van der Waals surface area contributed by atoms with Crippen LogP contribution in [0.2, 0.25) is 0 Å². The largest absolute Gasteiger partial charge is 0.497 e. The van der Waals surface area contributed by atoms with Gasteiger partial charge in [-0.25, -0.2) is 0 Å². The predicted molar refractivity (Wildman–Crippen MR) is 83.4 cm³/mol. The number of aliphatic hydroxyl groups excluding tert-OH is 1. The molecule has 0 aliphatic rings. The average molecular weight is 294 g/mol. The van der Waals surface area contributed by atoms with Crippen LogP contribution in [0.1, 0.15) is 18.9 Å². The van der Waals surface area contributed by atoms with Gasteiger partial charge in [0, 0.05) is 13.5 Å². The quantitative estimate of drug-likeness (QED) is 0.674. The van der Waals surface area contributed by atoms with E-state index in [0.717, 1.165) is 11.3 Å². The lowest BCUT2D eigenvalue weighted by atomic mass is 9.99. The molecule has 0 fully saturated rings. The van der Waals surface area contributed by atoms with E-state index in [1.807, 2.05) is 31.2 Å². The van der Waals surface area contributed by atoms with Gasteiger partial charge in [-0.15, -0.1) is 6.58 Å². The zero-order valence-corrected chi connectivity index (χ0v) is 13.1. The molecule has 4 heteroatoms. The zero-order valence-electron chi connectivity index (χ0n) is 13.1. The highest BCUT2D eigenvalue weighted by molar-refractivity contribution is 5.26. The van der Waals surface area contributed by atoms with Crippen LogP contribution in [0, 0.1) is 5.92 Å². The molecule has 1 rings (SSSR count). The molecule has 1 N–H and O–H groups in total. The molecule has 0 aliphatic carbocycles. The molecule has 0 radical (unpaired) electrons. The van der Waals surface area contributed by atoms with Crippen molar-refractivity contribution in [2.75, 3.05) is 20.8 Å². The van der Waals surface area contributed by atoms with Gasteiger partial charge in [0.15, 0.2) is 0 Å². The summed E-state index contributed by atoms with van der Waals surface area (Å²) in [6, 6.07) is 7.73. The van der Waals surface area contributed by atoms with Crippen LogP contribution in [0.3, 0.4) is 0 Å². The molecule has 4 nitrogen and oxygen atoms in total. The van der Waals surface area contributed by atoms with Crippen LogP contribution in [0.5, 0.6) is 5.75 Å². The second-order valence-corrected chi connectivity index (χ2v) is 5.13. The molecule has 1 aromatic rings. The van der Waals surface area contributed by atoms with E-state index in [1.54, 1.807) is 20.3 Å². The standard InChI is InChI=1S/C17H26O4/c1-5-13(2)17(18)10-16(12-19-3)21-11-14-6-8-15(20-4)9-7-14/h5-9,13,16-18H,1,10-12H2,2-4H3/t13-,16-,17-/m1/s1. The number of benzene rings is 1. The minimum Gasteiger partial charge on any atom is -0.497 e. The van der Waals surface area contributed by atoms with E-state index in [4.69, 9.17) is 14.2 Å². The summed E-state index contributed by atoms with van der Waals surface area (Å²) in [7, 11) is 3.27. The van der Waals surface area contributed by atoms with Crippen molar-refractivity contribution in [1.29, 1.82) is 0 Å². The lowest BCUT2D eigenvalue weighted by Gasteiger charge is -2.22. The summed E-state index contributed by atoms with van der Waals surface area (Å²) >= 11 is 0. The van der Waals surface area contributed by atoms with Gasteiger partial charge >= 0.3 is 0 Å². The zero-order chi connectivity index (χ0) is 15.7. The molecule has 3 atom stereocenters. The number of ether oxygens (including phenoxy) is 3. The first-order valence-corrected chi connectivity index (χ1v) is 7.14. The van der Waals surface area contributed by atoms with E-state index in [-0.39, 0.29) is 12.0 Å². The molecule has 0 bridgehead atoms. The van der Waals surface area contributed by atoms with Crippen molar-refractivity contribution >= 4 is 0 Å². The van der Waals surface area contributed by atoms with Crippen LogP contribution in [0.25, 0.3) is 0 Å². The summed E-state index contributed by atoms with van der Waals surface area (Å²) in [5.74, 6) is 0.858. The van der Waals surface area contributed by atoms with Gasteiger partial charge in [-0.3, -0.25) is 0 Å². The van der Waals surface area contributed by atoms with Crippen molar-refractivity contribution in [2.24, 2.45) is 5.92 Å². The molecule has 0 saturated carbocycles. The molecule has 0 aromatic heterocycles. The first kappa shape index (κ1) is 17.7. The number of methoxy groups -OCH3 is 2. The van der Waals surface area contributed by atoms with Crippen molar-refractivity contribution in [3.05, 3.63) is 42.5 Å². The SMILES string of the molecule is C=C[C@@H](C)[C@H](O)C[C@H](COC)OCc1ccc(OC)cc1. The molecular weight excluding hydrogens is 268 g/mol. The summed E-state index contributed by atoms with van der Waals surface area (Å²) < 4.78 is 16.1. The smallest absolute Gasteiger partial charge is 0.118 e. The normalized spacial score (nSPS) is 15.2. The molecular formula is C17H26O4. The highest BCUT2D eigenvalue weighted by Crippen LogP contribution is 2.16. The minimum atomic E-state index is -0.474. The van der Waals surface area contributed by atoms with Gasteiger partial charge in [0.2, 0.25) is 0 Å². The Morgan fingerprint density at radius 1 is 1.24 bits per heavy atom. The number of rotatable bonds is 10. The Morgan fingerprint density at radius 3 is 2.43 bits per heavy atom. The van der Waals surface area contributed by atoms with Crippen LogP contribution in [0.15, 0.2) is 36.9 Å². The van der Waals surface area contributed by atoms with Gasteiger partial charge in [-0.1, -0.05) is 25.1 Å². The van der Waals surface area contributed by atoms with E-state index < -0.39 is 6.10 Å². The average Bonchev–Trinajstić information content (AvgIpc) is 2.52. The first-order chi connectivity index (χ1) is 10.1. The van der Waals surface area contributed by atoms with E-state index in [9.17, 15) is 5.11 Å². The van der Waals surface area contributed by atoms with Crippen LogP contribution in [-0.2, 0) is 16.1 Å². The van der Waals surface area contributed by atoms with Crippen molar-refractivity contribution in [1.82, 2.24) is 0 Å². The molecule has 0 aliphatic heterocycles. The van der Waals surface area contributed by atoms with Crippen LogP contribution in [-0.4, -0.2) is 38.1 Å². The van der Waals surface area contributed by atoms with Crippen molar-refractivity contribution < 1.29 is 19.3 Å². The highest BCUT2D eigenvalue weighted by atomic mass is 16.5. The molecule has 1 aromatic carbocycles. The van der Waals surface area contributed by atoms with E-state index in [0.29, 0.717) is 19.6 Å².